The number of aryl methyl sites for hydroxylation is 2. The van der Waals surface area contributed by atoms with E-state index in [9.17, 15) is 4.79 Å². The molecule has 0 bridgehead atoms. The molecule has 25 heavy (non-hydrogen) atoms. The van der Waals surface area contributed by atoms with Gasteiger partial charge in [0.2, 0.25) is 5.91 Å². The Hall–Kier alpha value is -2.63. The van der Waals surface area contributed by atoms with Gasteiger partial charge in [0.15, 0.2) is 0 Å². The summed E-state index contributed by atoms with van der Waals surface area (Å²) in [6, 6.07) is 8.24. The van der Waals surface area contributed by atoms with Crippen LogP contribution >= 0.6 is 0 Å². The van der Waals surface area contributed by atoms with Crippen molar-refractivity contribution >= 4 is 16.8 Å². The highest BCUT2D eigenvalue weighted by molar-refractivity contribution is 5.84. The van der Waals surface area contributed by atoms with Crippen molar-refractivity contribution in [3.8, 4) is 0 Å². The number of benzene rings is 1. The van der Waals surface area contributed by atoms with Crippen molar-refractivity contribution in [1.29, 1.82) is 0 Å². The molecule has 2 aromatic heterocycles. The standard InChI is InChI=1S/C19H23N5O/c1-23-13-21-22-19(23)15-5-4-10-24(12-15)18(25)9-8-14-11-20-17-7-3-2-6-16(14)17/h2-3,6-7,11,13,15,20H,4-5,8-10,12H2,1H3/t15-/m0/s1. The number of hydrogen-bond donors (Lipinski definition) is 1. The van der Waals surface area contributed by atoms with Crippen LogP contribution in [0, 0.1) is 0 Å². The smallest absolute Gasteiger partial charge is 0.222 e. The predicted molar refractivity (Wildman–Crippen MR) is 96.2 cm³/mol. The van der Waals surface area contributed by atoms with E-state index in [1.165, 1.54) is 10.9 Å². The Kier molecular flexibility index (Phi) is 4.26. The van der Waals surface area contributed by atoms with Gasteiger partial charge in [0.05, 0.1) is 0 Å². The third-order valence-corrected chi connectivity index (χ3v) is 5.17. The number of piperidine rings is 1. The van der Waals surface area contributed by atoms with E-state index in [0.717, 1.165) is 43.7 Å². The summed E-state index contributed by atoms with van der Waals surface area (Å²) in [5, 5.41) is 9.41. The zero-order valence-electron chi connectivity index (χ0n) is 14.5. The maximum absolute atomic E-state index is 12.7. The van der Waals surface area contributed by atoms with Crippen LogP contribution in [0.15, 0.2) is 36.8 Å². The summed E-state index contributed by atoms with van der Waals surface area (Å²) in [5.41, 5.74) is 2.34. The number of nitrogens with one attached hydrogen (secondary N) is 1. The topological polar surface area (TPSA) is 66.8 Å². The van der Waals surface area contributed by atoms with E-state index in [2.05, 4.69) is 27.3 Å². The van der Waals surface area contributed by atoms with Gasteiger partial charge in [-0.25, -0.2) is 0 Å². The second-order valence-electron chi connectivity index (χ2n) is 6.84. The molecule has 1 N–H and O–H groups in total. The molecule has 1 fully saturated rings. The van der Waals surface area contributed by atoms with E-state index in [1.54, 1.807) is 6.33 Å². The molecule has 0 aliphatic carbocycles. The van der Waals surface area contributed by atoms with Gasteiger partial charge in [-0.1, -0.05) is 18.2 Å². The van der Waals surface area contributed by atoms with E-state index in [1.807, 2.05) is 34.8 Å². The third-order valence-electron chi connectivity index (χ3n) is 5.17. The summed E-state index contributed by atoms with van der Waals surface area (Å²) in [4.78, 5) is 18.0. The van der Waals surface area contributed by atoms with Crippen molar-refractivity contribution in [3.05, 3.63) is 48.2 Å². The summed E-state index contributed by atoms with van der Waals surface area (Å²) in [6.07, 6.45) is 7.17. The van der Waals surface area contributed by atoms with E-state index < -0.39 is 0 Å². The number of fused-ring (bicyclic) bond motifs is 1. The number of aromatic nitrogens is 4. The number of aromatic amines is 1. The first-order valence-electron chi connectivity index (χ1n) is 8.89. The number of carbonyl (C=O) groups excluding carboxylic acids is 1. The molecule has 0 spiro atoms. The van der Waals surface area contributed by atoms with Crippen molar-refractivity contribution in [1.82, 2.24) is 24.6 Å². The van der Waals surface area contributed by atoms with E-state index in [4.69, 9.17) is 0 Å². The SMILES string of the molecule is Cn1cnnc1[C@H]1CCCN(C(=O)CCc2c[nH]c3ccccc23)C1. The second-order valence-corrected chi connectivity index (χ2v) is 6.84. The highest BCUT2D eigenvalue weighted by Crippen LogP contribution is 2.26. The largest absolute Gasteiger partial charge is 0.361 e. The zero-order valence-corrected chi connectivity index (χ0v) is 14.5. The first-order chi connectivity index (χ1) is 12.2. The van der Waals surface area contributed by atoms with Crippen molar-refractivity contribution in [2.45, 2.75) is 31.6 Å². The Morgan fingerprint density at radius 3 is 3.08 bits per heavy atom. The average Bonchev–Trinajstić information content (AvgIpc) is 3.26. The van der Waals surface area contributed by atoms with Gasteiger partial charge in [0.25, 0.3) is 0 Å². The molecule has 1 aliphatic heterocycles. The molecule has 1 aromatic carbocycles. The van der Waals surface area contributed by atoms with Crippen molar-refractivity contribution in [3.63, 3.8) is 0 Å². The molecule has 6 nitrogen and oxygen atoms in total. The molecule has 0 radical (unpaired) electrons. The van der Waals surface area contributed by atoms with Crippen LogP contribution in [0.5, 0.6) is 0 Å². The molecule has 1 aliphatic rings. The first kappa shape index (κ1) is 15.9. The summed E-state index contributed by atoms with van der Waals surface area (Å²) < 4.78 is 1.96. The molecule has 130 valence electrons. The number of nitrogens with zero attached hydrogens (tertiary/aromatic N) is 4. The number of amides is 1. The number of likely N-dealkylation sites (tertiary alicyclic amines) is 1. The second kappa shape index (κ2) is 6.70. The van der Waals surface area contributed by atoms with Crippen molar-refractivity contribution < 1.29 is 4.79 Å². The van der Waals surface area contributed by atoms with Crippen LogP contribution < -0.4 is 0 Å². The zero-order chi connectivity index (χ0) is 17.2. The fourth-order valence-corrected chi connectivity index (χ4v) is 3.81. The Balaban J connectivity index is 1.40. The van der Waals surface area contributed by atoms with E-state index in [0.29, 0.717) is 12.3 Å². The fourth-order valence-electron chi connectivity index (χ4n) is 3.81. The minimum Gasteiger partial charge on any atom is -0.361 e. The Morgan fingerprint density at radius 2 is 2.24 bits per heavy atom. The predicted octanol–water partition coefficient (Wildman–Crippen LogP) is 2.64. The lowest BCUT2D eigenvalue weighted by atomic mass is 9.96. The van der Waals surface area contributed by atoms with Crippen LogP contribution in [0.2, 0.25) is 0 Å². The summed E-state index contributed by atoms with van der Waals surface area (Å²) in [6.45, 7) is 1.60. The molecular formula is C19H23N5O. The summed E-state index contributed by atoms with van der Waals surface area (Å²) >= 11 is 0. The fraction of sp³-hybridized carbons (Fsp3) is 0.421. The van der Waals surface area contributed by atoms with Crippen LogP contribution in [0.1, 0.15) is 36.6 Å². The molecule has 1 amide bonds. The van der Waals surface area contributed by atoms with E-state index in [-0.39, 0.29) is 5.91 Å². The van der Waals surface area contributed by atoms with Gasteiger partial charge in [-0.3, -0.25) is 4.79 Å². The van der Waals surface area contributed by atoms with Gasteiger partial charge < -0.3 is 14.5 Å². The van der Waals surface area contributed by atoms with Crippen LogP contribution in [0.3, 0.4) is 0 Å². The molecule has 0 saturated carbocycles. The summed E-state index contributed by atoms with van der Waals surface area (Å²) in [5.74, 6) is 1.50. The van der Waals surface area contributed by atoms with Crippen molar-refractivity contribution in [2.75, 3.05) is 13.1 Å². The van der Waals surface area contributed by atoms with Gasteiger partial charge in [0.1, 0.15) is 12.2 Å². The van der Waals surface area contributed by atoms with Gasteiger partial charge in [-0.15, -0.1) is 10.2 Å². The number of rotatable bonds is 4. The van der Waals surface area contributed by atoms with Crippen LogP contribution in [0.25, 0.3) is 10.9 Å². The molecular weight excluding hydrogens is 314 g/mol. The molecule has 3 heterocycles. The lowest BCUT2D eigenvalue weighted by Gasteiger charge is -2.32. The van der Waals surface area contributed by atoms with Crippen molar-refractivity contribution in [2.24, 2.45) is 7.05 Å². The Bertz CT molecular complexity index is 881. The van der Waals surface area contributed by atoms with Gasteiger partial charge in [0, 0.05) is 49.6 Å². The van der Waals surface area contributed by atoms with Crippen LogP contribution in [-0.2, 0) is 18.3 Å². The Labute approximate surface area is 146 Å². The first-order valence-corrected chi connectivity index (χ1v) is 8.89. The lowest BCUT2D eigenvalue weighted by molar-refractivity contribution is -0.132. The highest BCUT2D eigenvalue weighted by Gasteiger charge is 2.27. The molecule has 3 aromatic rings. The van der Waals surface area contributed by atoms with Crippen LogP contribution in [0.4, 0.5) is 0 Å². The lowest BCUT2D eigenvalue weighted by Crippen LogP contribution is -2.39. The molecule has 4 rings (SSSR count). The minimum atomic E-state index is 0.233. The maximum Gasteiger partial charge on any atom is 0.222 e. The van der Waals surface area contributed by atoms with Gasteiger partial charge >= 0.3 is 0 Å². The minimum absolute atomic E-state index is 0.233. The summed E-state index contributed by atoms with van der Waals surface area (Å²) in [7, 11) is 1.97. The van der Waals surface area contributed by atoms with Crippen LogP contribution in [-0.4, -0.2) is 43.6 Å². The third kappa shape index (κ3) is 3.16. The number of para-hydroxylation sites is 1. The number of H-pyrrole nitrogens is 1. The molecule has 1 saturated heterocycles. The monoisotopic (exact) mass is 337 g/mol. The quantitative estimate of drug-likeness (QED) is 0.796. The maximum atomic E-state index is 12.7. The Morgan fingerprint density at radius 1 is 1.36 bits per heavy atom. The van der Waals surface area contributed by atoms with Gasteiger partial charge in [-0.05, 0) is 30.9 Å². The molecule has 0 unspecified atom stereocenters. The molecule has 1 atom stereocenters. The number of hydrogen-bond acceptors (Lipinski definition) is 3. The highest BCUT2D eigenvalue weighted by atomic mass is 16.2. The van der Waals surface area contributed by atoms with E-state index >= 15 is 0 Å². The molecule has 6 heteroatoms. The average molecular weight is 337 g/mol. The normalized spacial score (nSPS) is 18.0. The van der Waals surface area contributed by atoms with Gasteiger partial charge in [-0.2, -0.15) is 0 Å². The number of carbonyl (C=O) groups is 1.